The molecule has 0 aliphatic heterocycles. The number of anilines is 1. The molecule has 4 nitrogen and oxygen atoms in total. The van der Waals surface area contributed by atoms with Crippen LogP contribution in [0.1, 0.15) is 16.6 Å². The maximum Gasteiger partial charge on any atom is 0.263 e. The Morgan fingerprint density at radius 2 is 2.20 bits per heavy atom. The van der Waals surface area contributed by atoms with Gasteiger partial charge in [-0.25, -0.2) is 0 Å². The summed E-state index contributed by atoms with van der Waals surface area (Å²) in [5.74, 6) is -0.177. The molecule has 2 aromatic rings. The van der Waals surface area contributed by atoms with Gasteiger partial charge in [-0.3, -0.25) is 4.79 Å². The summed E-state index contributed by atoms with van der Waals surface area (Å²) in [4.78, 5) is 12.8. The zero-order valence-corrected chi connectivity index (χ0v) is 13.1. The Kier molecular flexibility index (Phi) is 4.91. The molecule has 108 valence electrons. The van der Waals surface area contributed by atoms with Crippen molar-refractivity contribution < 1.29 is 9.90 Å². The number of carbonyl (C=O) groups is 1. The molecule has 1 aromatic carbocycles. The number of rotatable bonds is 5. The van der Waals surface area contributed by atoms with E-state index in [9.17, 15) is 9.90 Å². The predicted molar refractivity (Wildman–Crippen MR) is 87.6 cm³/mol. The van der Waals surface area contributed by atoms with Crippen LogP contribution in [-0.4, -0.2) is 35.2 Å². The molecule has 0 aliphatic rings. The van der Waals surface area contributed by atoms with Crippen molar-refractivity contribution in [3.05, 3.63) is 29.1 Å². The van der Waals surface area contributed by atoms with E-state index in [1.807, 2.05) is 37.4 Å². The van der Waals surface area contributed by atoms with Gasteiger partial charge in [-0.05, 0) is 19.2 Å². The Balaban J connectivity index is 2.21. The van der Waals surface area contributed by atoms with Crippen LogP contribution < -0.4 is 11.1 Å². The number of carbonyl (C=O) groups excluding carboxylic acids is 1. The summed E-state index contributed by atoms with van der Waals surface area (Å²) in [7, 11) is 0. The Bertz CT molecular complexity index is 608. The van der Waals surface area contributed by atoms with E-state index in [0.717, 1.165) is 10.1 Å². The zero-order chi connectivity index (χ0) is 14.7. The topological polar surface area (TPSA) is 75.3 Å². The summed E-state index contributed by atoms with van der Waals surface area (Å²) >= 11 is 2.93. The van der Waals surface area contributed by atoms with Crippen LogP contribution >= 0.6 is 23.1 Å². The van der Waals surface area contributed by atoms with Gasteiger partial charge in [0.1, 0.15) is 4.88 Å². The molecule has 0 spiro atoms. The normalized spacial score (nSPS) is 14.2. The standard InChI is InChI=1S/C14H18N2O2S2/c1-8(11(7-17)19-2)16-14(18)13-12(15)9-5-3-4-6-10(9)20-13/h3-6,8,11,17H,7,15H2,1-2H3,(H,16,18). The Hall–Kier alpha value is -1.24. The molecule has 1 amide bonds. The first kappa shape index (κ1) is 15.2. The Morgan fingerprint density at radius 1 is 1.50 bits per heavy atom. The molecule has 6 heteroatoms. The highest BCUT2D eigenvalue weighted by Crippen LogP contribution is 2.33. The largest absolute Gasteiger partial charge is 0.397 e. The van der Waals surface area contributed by atoms with Gasteiger partial charge in [-0.2, -0.15) is 11.8 Å². The minimum atomic E-state index is -0.177. The van der Waals surface area contributed by atoms with Crippen molar-refractivity contribution in [2.75, 3.05) is 18.6 Å². The van der Waals surface area contributed by atoms with Gasteiger partial charge in [-0.1, -0.05) is 18.2 Å². The molecule has 4 N–H and O–H groups in total. The number of amides is 1. The van der Waals surface area contributed by atoms with Crippen molar-refractivity contribution in [3.63, 3.8) is 0 Å². The van der Waals surface area contributed by atoms with Gasteiger partial charge in [0.25, 0.3) is 5.91 Å². The monoisotopic (exact) mass is 310 g/mol. The fraction of sp³-hybridized carbons (Fsp3) is 0.357. The van der Waals surface area contributed by atoms with Crippen LogP contribution in [0.4, 0.5) is 5.69 Å². The highest BCUT2D eigenvalue weighted by Gasteiger charge is 2.21. The molecule has 0 aliphatic carbocycles. The summed E-state index contributed by atoms with van der Waals surface area (Å²) < 4.78 is 1.01. The van der Waals surface area contributed by atoms with E-state index in [1.54, 1.807) is 0 Å². The number of thioether (sulfide) groups is 1. The third kappa shape index (κ3) is 2.92. The molecule has 20 heavy (non-hydrogen) atoms. The number of aliphatic hydroxyl groups excluding tert-OH is 1. The molecule has 1 heterocycles. The smallest absolute Gasteiger partial charge is 0.263 e. The number of benzene rings is 1. The van der Waals surface area contributed by atoms with Crippen molar-refractivity contribution in [2.24, 2.45) is 0 Å². The van der Waals surface area contributed by atoms with Crippen molar-refractivity contribution in [2.45, 2.75) is 18.2 Å². The van der Waals surface area contributed by atoms with E-state index in [0.29, 0.717) is 10.6 Å². The Morgan fingerprint density at radius 3 is 2.80 bits per heavy atom. The van der Waals surface area contributed by atoms with Crippen molar-refractivity contribution in [3.8, 4) is 0 Å². The molecule has 0 bridgehead atoms. The molecular weight excluding hydrogens is 292 g/mol. The second kappa shape index (κ2) is 6.47. The molecule has 2 unspecified atom stereocenters. The second-order valence-corrected chi connectivity index (χ2v) is 6.69. The minimum Gasteiger partial charge on any atom is -0.397 e. The van der Waals surface area contributed by atoms with Gasteiger partial charge in [0.2, 0.25) is 0 Å². The Labute approximate surface area is 126 Å². The number of fused-ring (bicyclic) bond motifs is 1. The van der Waals surface area contributed by atoms with E-state index < -0.39 is 0 Å². The van der Waals surface area contributed by atoms with E-state index in [2.05, 4.69) is 5.32 Å². The zero-order valence-electron chi connectivity index (χ0n) is 11.4. The van der Waals surface area contributed by atoms with E-state index >= 15 is 0 Å². The van der Waals surface area contributed by atoms with Crippen LogP contribution in [0.3, 0.4) is 0 Å². The first-order valence-corrected chi connectivity index (χ1v) is 8.40. The van der Waals surface area contributed by atoms with Gasteiger partial charge in [0.05, 0.1) is 12.3 Å². The van der Waals surface area contributed by atoms with Gasteiger partial charge in [0.15, 0.2) is 0 Å². The number of aliphatic hydroxyl groups is 1. The highest BCUT2D eigenvalue weighted by molar-refractivity contribution is 7.99. The number of hydrogen-bond donors (Lipinski definition) is 3. The number of nitrogen functional groups attached to an aromatic ring is 1. The molecule has 2 rings (SSSR count). The predicted octanol–water partition coefficient (Wildman–Crippen LogP) is 2.33. The molecule has 0 saturated heterocycles. The summed E-state index contributed by atoms with van der Waals surface area (Å²) in [6, 6.07) is 7.59. The van der Waals surface area contributed by atoms with Crippen LogP contribution in [0.5, 0.6) is 0 Å². The molecule has 0 saturated carbocycles. The highest BCUT2D eigenvalue weighted by atomic mass is 32.2. The number of hydrogen-bond acceptors (Lipinski definition) is 5. The molecule has 1 aromatic heterocycles. The lowest BCUT2D eigenvalue weighted by molar-refractivity contribution is 0.0941. The van der Waals surface area contributed by atoms with E-state index in [1.165, 1.54) is 23.1 Å². The molecule has 0 radical (unpaired) electrons. The number of nitrogens with one attached hydrogen (secondary N) is 1. The van der Waals surface area contributed by atoms with Crippen LogP contribution in [0, 0.1) is 0 Å². The summed E-state index contributed by atoms with van der Waals surface area (Å²) in [6.07, 6.45) is 1.91. The lowest BCUT2D eigenvalue weighted by atomic mass is 10.2. The SMILES string of the molecule is CSC(CO)C(C)NC(=O)c1sc2ccccc2c1N. The van der Waals surface area contributed by atoms with Gasteiger partial charge in [0, 0.05) is 21.4 Å². The average molecular weight is 310 g/mol. The van der Waals surface area contributed by atoms with E-state index in [-0.39, 0.29) is 23.8 Å². The van der Waals surface area contributed by atoms with Crippen LogP contribution in [0.15, 0.2) is 24.3 Å². The first-order valence-electron chi connectivity index (χ1n) is 6.30. The quantitative estimate of drug-likeness (QED) is 0.792. The molecule has 0 fully saturated rings. The maximum absolute atomic E-state index is 12.3. The van der Waals surface area contributed by atoms with Crippen molar-refractivity contribution in [1.82, 2.24) is 5.32 Å². The lowest BCUT2D eigenvalue weighted by Gasteiger charge is -2.21. The maximum atomic E-state index is 12.3. The number of nitrogens with two attached hydrogens (primary N) is 1. The summed E-state index contributed by atoms with van der Waals surface area (Å²) in [5, 5.41) is 13.1. The van der Waals surface area contributed by atoms with Crippen LogP contribution in [-0.2, 0) is 0 Å². The molecule has 2 atom stereocenters. The van der Waals surface area contributed by atoms with Crippen LogP contribution in [0.2, 0.25) is 0 Å². The van der Waals surface area contributed by atoms with Gasteiger partial charge < -0.3 is 16.2 Å². The van der Waals surface area contributed by atoms with Crippen molar-refractivity contribution >= 4 is 44.8 Å². The summed E-state index contributed by atoms with van der Waals surface area (Å²) in [5.41, 5.74) is 6.58. The third-order valence-electron chi connectivity index (χ3n) is 3.24. The first-order chi connectivity index (χ1) is 9.58. The fourth-order valence-electron chi connectivity index (χ4n) is 2.04. The average Bonchev–Trinajstić information content (AvgIpc) is 2.78. The fourth-order valence-corrected chi connectivity index (χ4v) is 3.69. The third-order valence-corrected chi connectivity index (χ3v) is 5.59. The van der Waals surface area contributed by atoms with E-state index in [4.69, 9.17) is 5.73 Å². The second-order valence-electron chi connectivity index (χ2n) is 4.56. The number of thiophene rings is 1. The van der Waals surface area contributed by atoms with Gasteiger partial charge >= 0.3 is 0 Å². The summed E-state index contributed by atoms with van der Waals surface area (Å²) in [6.45, 7) is 1.92. The van der Waals surface area contributed by atoms with Crippen LogP contribution in [0.25, 0.3) is 10.1 Å². The van der Waals surface area contributed by atoms with Gasteiger partial charge in [-0.15, -0.1) is 11.3 Å². The molecular formula is C14H18N2O2S2. The minimum absolute atomic E-state index is 0.0189. The van der Waals surface area contributed by atoms with Crippen molar-refractivity contribution in [1.29, 1.82) is 0 Å². The lowest BCUT2D eigenvalue weighted by Crippen LogP contribution is -2.41.